The monoisotopic (exact) mass is 350 g/mol. The SMILES string of the molecule is COc1ccc(CSCC(=O)Nc2cccc([N+](=O)[O-])c2)cc1F. The molecule has 126 valence electrons. The van der Waals surface area contributed by atoms with E-state index in [9.17, 15) is 19.3 Å². The van der Waals surface area contributed by atoms with Gasteiger partial charge >= 0.3 is 0 Å². The third-order valence-electron chi connectivity index (χ3n) is 3.06. The number of nitro groups is 1. The molecule has 2 aromatic rings. The number of hydrogen-bond acceptors (Lipinski definition) is 5. The Bertz CT molecular complexity index is 755. The third kappa shape index (κ3) is 4.95. The number of thioether (sulfide) groups is 1. The Morgan fingerprint density at radius 2 is 2.12 bits per heavy atom. The number of halogens is 1. The molecule has 8 heteroatoms. The predicted molar refractivity (Wildman–Crippen MR) is 90.8 cm³/mol. The molecule has 0 heterocycles. The number of carbonyl (C=O) groups excluding carboxylic acids is 1. The van der Waals surface area contributed by atoms with Gasteiger partial charge in [-0.05, 0) is 23.8 Å². The zero-order valence-electron chi connectivity index (χ0n) is 12.8. The lowest BCUT2D eigenvalue weighted by Gasteiger charge is -2.06. The van der Waals surface area contributed by atoms with E-state index in [1.807, 2.05) is 0 Å². The van der Waals surface area contributed by atoms with Crippen molar-refractivity contribution >= 4 is 29.0 Å². The Balaban J connectivity index is 1.84. The molecule has 0 saturated heterocycles. The quantitative estimate of drug-likeness (QED) is 0.609. The maximum absolute atomic E-state index is 13.6. The van der Waals surface area contributed by atoms with E-state index in [-0.39, 0.29) is 23.1 Å². The van der Waals surface area contributed by atoms with Gasteiger partial charge in [-0.15, -0.1) is 11.8 Å². The molecule has 0 aliphatic carbocycles. The number of benzene rings is 2. The minimum Gasteiger partial charge on any atom is -0.494 e. The van der Waals surface area contributed by atoms with Gasteiger partial charge in [0, 0.05) is 23.6 Å². The van der Waals surface area contributed by atoms with Crippen LogP contribution in [-0.2, 0) is 10.5 Å². The molecular formula is C16H15FN2O4S. The van der Waals surface area contributed by atoms with Crippen LogP contribution in [0.1, 0.15) is 5.56 Å². The van der Waals surface area contributed by atoms with Crippen molar-refractivity contribution in [1.82, 2.24) is 0 Å². The summed E-state index contributed by atoms with van der Waals surface area (Å²) in [5, 5.41) is 13.3. The maximum atomic E-state index is 13.6. The molecule has 1 N–H and O–H groups in total. The lowest BCUT2D eigenvalue weighted by atomic mass is 10.2. The smallest absolute Gasteiger partial charge is 0.271 e. The van der Waals surface area contributed by atoms with Crippen molar-refractivity contribution in [2.24, 2.45) is 0 Å². The molecule has 24 heavy (non-hydrogen) atoms. The van der Waals surface area contributed by atoms with Crippen LogP contribution < -0.4 is 10.1 Å². The minimum atomic E-state index is -0.525. The van der Waals surface area contributed by atoms with Crippen LogP contribution in [0.3, 0.4) is 0 Å². The number of rotatable bonds is 7. The summed E-state index contributed by atoms with van der Waals surface area (Å²) < 4.78 is 18.4. The molecule has 0 bridgehead atoms. The molecule has 0 spiro atoms. The van der Waals surface area contributed by atoms with Gasteiger partial charge in [0.1, 0.15) is 0 Å². The number of nitro benzene ring substituents is 1. The first kappa shape index (κ1) is 17.7. The van der Waals surface area contributed by atoms with E-state index < -0.39 is 10.7 Å². The highest BCUT2D eigenvalue weighted by molar-refractivity contribution is 7.99. The molecular weight excluding hydrogens is 335 g/mol. The second-order valence-electron chi connectivity index (χ2n) is 4.82. The van der Waals surface area contributed by atoms with Crippen molar-refractivity contribution in [3.05, 3.63) is 64.0 Å². The molecule has 0 atom stereocenters. The maximum Gasteiger partial charge on any atom is 0.271 e. The van der Waals surface area contributed by atoms with Crippen LogP contribution in [0.25, 0.3) is 0 Å². The van der Waals surface area contributed by atoms with Crippen molar-refractivity contribution in [2.75, 3.05) is 18.2 Å². The number of anilines is 1. The Morgan fingerprint density at radius 1 is 1.33 bits per heavy atom. The summed E-state index contributed by atoms with van der Waals surface area (Å²) in [7, 11) is 1.39. The van der Waals surface area contributed by atoms with Gasteiger partial charge in [-0.1, -0.05) is 12.1 Å². The summed E-state index contributed by atoms with van der Waals surface area (Å²) in [5.74, 6) is 0.0536. The molecule has 0 aliphatic rings. The normalized spacial score (nSPS) is 10.2. The third-order valence-corrected chi connectivity index (χ3v) is 4.06. The van der Waals surface area contributed by atoms with Gasteiger partial charge in [0.05, 0.1) is 17.8 Å². The fraction of sp³-hybridized carbons (Fsp3) is 0.188. The van der Waals surface area contributed by atoms with Crippen LogP contribution >= 0.6 is 11.8 Å². The largest absolute Gasteiger partial charge is 0.494 e. The highest BCUT2D eigenvalue weighted by Crippen LogP contribution is 2.21. The summed E-state index contributed by atoms with van der Waals surface area (Å²) in [6.07, 6.45) is 0. The fourth-order valence-corrected chi connectivity index (χ4v) is 2.73. The van der Waals surface area contributed by atoms with Crippen molar-refractivity contribution in [2.45, 2.75) is 5.75 Å². The standard InChI is InChI=1S/C16H15FN2O4S/c1-23-15-6-5-11(7-14(15)17)9-24-10-16(20)18-12-3-2-4-13(8-12)19(21)22/h2-8H,9-10H2,1H3,(H,18,20). The van der Waals surface area contributed by atoms with Crippen LogP contribution in [0.15, 0.2) is 42.5 Å². The van der Waals surface area contributed by atoms with E-state index >= 15 is 0 Å². The van der Waals surface area contributed by atoms with Gasteiger partial charge in [0.15, 0.2) is 11.6 Å². The predicted octanol–water partition coefficient (Wildman–Crippen LogP) is 3.61. The van der Waals surface area contributed by atoms with Gasteiger partial charge < -0.3 is 10.1 Å². The first-order valence-electron chi connectivity index (χ1n) is 6.94. The van der Waals surface area contributed by atoms with Gasteiger partial charge in [-0.3, -0.25) is 14.9 Å². The van der Waals surface area contributed by atoms with Crippen molar-refractivity contribution in [3.63, 3.8) is 0 Å². The van der Waals surface area contributed by atoms with E-state index in [0.717, 1.165) is 5.56 Å². The summed E-state index contributed by atoms with van der Waals surface area (Å²) >= 11 is 1.31. The number of amides is 1. The minimum absolute atomic E-state index is 0.0887. The topological polar surface area (TPSA) is 81.5 Å². The van der Waals surface area contributed by atoms with Crippen LogP contribution in [0.4, 0.5) is 15.8 Å². The second kappa shape index (κ2) is 8.30. The van der Waals surface area contributed by atoms with E-state index in [0.29, 0.717) is 11.4 Å². The van der Waals surface area contributed by atoms with Gasteiger partial charge in [-0.25, -0.2) is 4.39 Å². The van der Waals surface area contributed by atoms with Crippen molar-refractivity contribution in [1.29, 1.82) is 0 Å². The van der Waals surface area contributed by atoms with Crippen LogP contribution in [0.5, 0.6) is 5.75 Å². The number of carbonyl (C=O) groups is 1. The molecule has 0 aliphatic heterocycles. The molecule has 2 rings (SSSR count). The van der Waals surface area contributed by atoms with E-state index in [4.69, 9.17) is 4.74 Å². The number of ether oxygens (including phenoxy) is 1. The highest BCUT2D eigenvalue weighted by atomic mass is 32.2. The fourth-order valence-electron chi connectivity index (χ4n) is 1.96. The van der Waals surface area contributed by atoms with Gasteiger partial charge in [0.2, 0.25) is 5.91 Å². The van der Waals surface area contributed by atoms with E-state index in [1.165, 1.54) is 49.2 Å². The molecule has 1 amide bonds. The lowest BCUT2D eigenvalue weighted by molar-refractivity contribution is -0.384. The summed E-state index contributed by atoms with van der Waals surface area (Å²) in [6, 6.07) is 10.4. The first-order valence-corrected chi connectivity index (χ1v) is 8.09. The zero-order chi connectivity index (χ0) is 17.5. The Hall–Kier alpha value is -2.61. The van der Waals surface area contributed by atoms with Crippen LogP contribution in [0.2, 0.25) is 0 Å². The summed E-state index contributed by atoms with van der Waals surface area (Å²) in [6.45, 7) is 0. The zero-order valence-corrected chi connectivity index (χ0v) is 13.6. The van der Waals surface area contributed by atoms with Crippen molar-refractivity contribution < 1.29 is 18.8 Å². The molecule has 0 aromatic heterocycles. The average molecular weight is 350 g/mol. The molecule has 0 radical (unpaired) electrons. The number of nitrogens with one attached hydrogen (secondary N) is 1. The van der Waals surface area contributed by atoms with Crippen LogP contribution in [-0.4, -0.2) is 23.7 Å². The Morgan fingerprint density at radius 3 is 2.79 bits per heavy atom. The molecule has 2 aromatic carbocycles. The summed E-state index contributed by atoms with van der Waals surface area (Å²) in [4.78, 5) is 22.0. The lowest BCUT2D eigenvalue weighted by Crippen LogP contribution is -2.14. The number of hydrogen-bond donors (Lipinski definition) is 1. The number of non-ortho nitro benzene ring substituents is 1. The van der Waals surface area contributed by atoms with Gasteiger partial charge in [-0.2, -0.15) is 0 Å². The summed E-state index contributed by atoms with van der Waals surface area (Å²) in [5.41, 5.74) is 1.01. The molecule has 0 fully saturated rings. The van der Waals surface area contributed by atoms with Crippen molar-refractivity contribution in [3.8, 4) is 5.75 Å². The van der Waals surface area contributed by atoms with Crippen LogP contribution in [0, 0.1) is 15.9 Å². The second-order valence-corrected chi connectivity index (χ2v) is 5.80. The first-order chi connectivity index (χ1) is 11.5. The Kier molecular flexibility index (Phi) is 6.14. The molecule has 0 saturated carbocycles. The highest BCUT2D eigenvalue weighted by Gasteiger charge is 2.09. The van der Waals surface area contributed by atoms with E-state index in [1.54, 1.807) is 12.1 Å². The molecule has 6 nitrogen and oxygen atoms in total. The molecule has 0 unspecified atom stereocenters. The Labute approximate surface area is 142 Å². The van der Waals surface area contributed by atoms with Gasteiger partial charge in [0.25, 0.3) is 5.69 Å². The number of nitrogens with zero attached hydrogens (tertiary/aromatic N) is 1. The average Bonchev–Trinajstić information content (AvgIpc) is 2.55. The number of methoxy groups -OCH3 is 1. The van der Waals surface area contributed by atoms with E-state index in [2.05, 4.69) is 5.32 Å².